The lowest BCUT2D eigenvalue weighted by atomic mass is 10.1. The van der Waals surface area contributed by atoms with E-state index in [0.717, 1.165) is 21.9 Å². The van der Waals surface area contributed by atoms with Crippen molar-refractivity contribution in [1.29, 1.82) is 0 Å². The van der Waals surface area contributed by atoms with Gasteiger partial charge in [0.05, 0.1) is 11.4 Å². The number of amides is 2. The zero-order valence-corrected chi connectivity index (χ0v) is 22.3. The number of nitrogens with zero attached hydrogens (tertiary/aromatic N) is 2. The zero-order valence-electron chi connectivity index (χ0n) is 21.5. The van der Waals surface area contributed by atoms with Crippen LogP contribution >= 0.6 is 0 Å². The molecule has 0 radical (unpaired) electrons. The highest BCUT2D eigenvalue weighted by molar-refractivity contribution is 7.92. The molecule has 36 heavy (non-hydrogen) atoms. The topological polar surface area (TPSA) is 105 Å². The van der Waals surface area contributed by atoms with E-state index in [1.165, 1.54) is 11.8 Å². The summed E-state index contributed by atoms with van der Waals surface area (Å²) in [5.74, 6) is -0.0596. The van der Waals surface area contributed by atoms with Crippen molar-refractivity contribution in [2.75, 3.05) is 23.4 Å². The Hall–Kier alpha value is -3.27. The van der Waals surface area contributed by atoms with Gasteiger partial charge in [0, 0.05) is 18.7 Å². The first-order valence-electron chi connectivity index (χ1n) is 12.1. The van der Waals surface area contributed by atoms with Crippen LogP contribution < -0.4 is 19.1 Å². The van der Waals surface area contributed by atoms with Gasteiger partial charge in [-0.15, -0.1) is 0 Å². The third-order valence-electron chi connectivity index (χ3n) is 6.27. The van der Waals surface area contributed by atoms with E-state index in [0.29, 0.717) is 17.2 Å². The van der Waals surface area contributed by atoms with Crippen LogP contribution in [0.1, 0.15) is 45.2 Å². The van der Waals surface area contributed by atoms with Crippen LogP contribution in [0.15, 0.2) is 42.5 Å². The monoisotopic (exact) mass is 517 g/mol. The third kappa shape index (κ3) is 6.48. The van der Waals surface area contributed by atoms with Gasteiger partial charge in [-0.05, 0) is 51.8 Å². The van der Waals surface area contributed by atoms with Crippen molar-refractivity contribution in [2.24, 2.45) is 0 Å². The molecule has 2 aromatic carbocycles. The third-order valence-corrected chi connectivity index (χ3v) is 8.01. The number of ether oxygens (including phenoxy) is 2. The number of benzene rings is 2. The molecule has 1 heterocycles. The number of carbonyl (C=O) groups excluding carboxylic acids is 2. The average molecular weight is 518 g/mol. The Morgan fingerprint density at radius 2 is 1.69 bits per heavy atom. The van der Waals surface area contributed by atoms with E-state index in [4.69, 9.17) is 9.47 Å². The molecule has 0 fully saturated rings. The minimum absolute atomic E-state index is 0.0470. The van der Waals surface area contributed by atoms with Gasteiger partial charge in [-0.1, -0.05) is 36.8 Å². The van der Waals surface area contributed by atoms with Crippen LogP contribution in [0.4, 0.5) is 5.69 Å². The van der Waals surface area contributed by atoms with Crippen LogP contribution in [0.25, 0.3) is 0 Å². The fraction of sp³-hybridized carbons (Fsp3) is 0.462. The van der Waals surface area contributed by atoms with Crippen molar-refractivity contribution in [1.82, 2.24) is 10.2 Å². The van der Waals surface area contributed by atoms with Gasteiger partial charge in [0.25, 0.3) is 0 Å². The zero-order chi connectivity index (χ0) is 26.5. The molecule has 0 spiro atoms. The molecule has 196 valence electrons. The van der Waals surface area contributed by atoms with Crippen LogP contribution in [0.2, 0.25) is 0 Å². The standard InChI is InChI=1S/C26H35N3O6S/c1-6-19(4)27-26(31)20(5)28(15-21-10-8-18(3)9-11-21)25(30)16-29(36(32,33)7-2)22-12-13-23-24(14-22)35-17-34-23/h8-14,19-20H,6-7,15-17H2,1-5H3,(H,27,31). The number of carbonyl (C=O) groups is 2. The van der Waals surface area contributed by atoms with Crippen LogP contribution in [-0.2, 0) is 26.2 Å². The van der Waals surface area contributed by atoms with Gasteiger partial charge in [-0.2, -0.15) is 0 Å². The number of sulfonamides is 1. The first kappa shape index (κ1) is 27.3. The average Bonchev–Trinajstić information content (AvgIpc) is 3.34. The van der Waals surface area contributed by atoms with E-state index in [-0.39, 0.29) is 31.0 Å². The molecule has 2 aromatic rings. The first-order valence-corrected chi connectivity index (χ1v) is 13.7. The van der Waals surface area contributed by atoms with Crippen molar-refractivity contribution in [2.45, 2.75) is 59.7 Å². The predicted octanol–water partition coefficient (Wildman–Crippen LogP) is 3.21. The summed E-state index contributed by atoms with van der Waals surface area (Å²) in [7, 11) is -3.82. The Bertz CT molecular complexity index is 1180. The van der Waals surface area contributed by atoms with Crippen molar-refractivity contribution in [3.8, 4) is 11.5 Å². The fourth-order valence-electron chi connectivity index (χ4n) is 3.70. The summed E-state index contributed by atoms with van der Waals surface area (Å²) < 4.78 is 37.9. The van der Waals surface area contributed by atoms with E-state index in [9.17, 15) is 18.0 Å². The van der Waals surface area contributed by atoms with Gasteiger partial charge in [0.15, 0.2) is 11.5 Å². The Kier molecular flexibility index (Phi) is 8.84. The van der Waals surface area contributed by atoms with Gasteiger partial charge < -0.3 is 19.7 Å². The number of aryl methyl sites for hydroxylation is 1. The predicted molar refractivity (Wildman–Crippen MR) is 138 cm³/mol. The molecule has 0 aliphatic carbocycles. The van der Waals surface area contributed by atoms with E-state index < -0.39 is 28.5 Å². The molecule has 0 saturated carbocycles. The van der Waals surface area contributed by atoms with Crippen LogP contribution in [-0.4, -0.2) is 56.3 Å². The van der Waals surface area contributed by atoms with Crippen LogP contribution in [0.3, 0.4) is 0 Å². The van der Waals surface area contributed by atoms with Crippen molar-refractivity contribution < 1.29 is 27.5 Å². The van der Waals surface area contributed by atoms with Gasteiger partial charge in [-0.3, -0.25) is 13.9 Å². The Morgan fingerprint density at radius 1 is 1.03 bits per heavy atom. The molecule has 9 nitrogen and oxygen atoms in total. The normalized spacial score (nSPS) is 14.1. The second-order valence-electron chi connectivity index (χ2n) is 8.95. The minimum atomic E-state index is -3.82. The summed E-state index contributed by atoms with van der Waals surface area (Å²) in [5.41, 5.74) is 2.20. The number of fused-ring (bicyclic) bond motifs is 1. The maximum atomic E-state index is 13.7. The maximum absolute atomic E-state index is 13.7. The number of anilines is 1. The molecule has 0 bridgehead atoms. The lowest BCUT2D eigenvalue weighted by molar-refractivity contribution is -0.139. The number of hydrogen-bond acceptors (Lipinski definition) is 6. The molecule has 2 atom stereocenters. The van der Waals surface area contributed by atoms with Gasteiger partial charge in [-0.25, -0.2) is 8.42 Å². The van der Waals surface area contributed by atoms with Gasteiger partial charge in [0.2, 0.25) is 28.6 Å². The summed E-state index contributed by atoms with van der Waals surface area (Å²) in [6.45, 7) is 8.75. The molecule has 1 aliphatic rings. The molecule has 2 unspecified atom stereocenters. The summed E-state index contributed by atoms with van der Waals surface area (Å²) in [6.07, 6.45) is 0.747. The van der Waals surface area contributed by atoms with Crippen LogP contribution in [0, 0.1) is 6.92 Å². The quantitative estimate of drug-likeness (QED) is 0.491. The summed E-state index contributed by atoms with van der Waals surface area (Å²) >= 11 is 0. The number of nitrogens with one attached hydrogen (secondary N) is 1. The fourth-order valence-corrected chi connectivity index (χ4v) is 4.75. The molecule has 0 aromatic heterocycles. The summed E-state index contributed by atoms with van der Waals surface area (Å²) in [6, 6.07) is 11.5. The minimum Gasteiger partial charge on any atom is -0.454 e. The first-order chi connectivity index (χ1) is 17.1. The highest BCUT2D eigenvalue weighted by Crippen LogP contribution is 2.36. The lowest BCUT2D eigenvalue weighted by Crippen LogP contribution is -2.52. The van der Waals surface area contributed by atoms with Gasteiger partial charge in [0.1, 0.15) is 12.6 Å². The second kappa shape index (κ2) is 11.6. The Morgan fingerprint density at radius 3 is 2.33 bits per heavy atom. The van der Waals surface area contributed by atoms with Crippen molar-refractivity contribution in [3.63, 3.8) is 0 Å². The largest absolute Gasteiger partial charge is 0.454 e. The SMILES string of the molecule is CCC(C)NC(=O)C(C)N(Cc1ccc(C)cc1)C(=O)CN(c1ccc2c(c1)OCO2)S(=O)(=O)CC. The molecule has 3 rings (SSSR count). The van der Waals surface area contributed by atoms with Crippen LogP contribution in [0.5, 0.6) is 11.5 Å². The van der Waals surface area contributed by atoms with E-state index in [1.807, 2.05) is 45.0 Å². The van der Waals surface area contributed by atoms with Crippen molar-refractivity contribution in [3.05, 3.63) is 53.6 Å². The van der Waals surface area contributed by atoms with E-state index in [1.54, 1.807) is 25.1 Å². The number of hydrogen-bond donors (Lipinski definition) is 1. The molecule has 0 saturated heterocycles. The van der Waals surface area contributed by atoms with Crippen molar-refractivity contribution >= 4 is 27.5 Å². The summed E-state index contributed by atoms with van der Waals surface area (Å²) in [5, 5.41) is 2.92. The second-order valence-corrected chi connectivity index (χ2v) is 11.1. The molecular weight excluding hydrogens is 482 g/mol. The molecule has 2 amide bonds. The maximum Gasteiger partial charge on any atom is 0.244 e. The molecular formula is C26H35N3O6S. The smallest absolute Gasteiger partial charge is 0.244 e. The number of rotatable bonds is 11. The lowest BCUT2D eigenvalue weighted by Gasteiger charge is -2.32. The summed E-state index contributed by atoms with van der Waals surface area (Å²) in [4.78, 5) is 28.1. The Labute approximate surface area is 213 Å². The highest BCUT2D eigenvalue weighted by atomic mass is 32.2. The van der Waals surface area contributed by atoms with E-state index in [2.05, 4.69) is 5.32 Å². The molecule has 1 aliphatic heterocycles. The Balaban J connectivity index is 1.93. The highest BCUT2D eigenvalue weighted by Gasteiger charge is 2.32. The van der Waals surface area contributed by atoms with Gasteiger partial charge >= 0.3 is 0 Å². The molecule has 10 heteroatoms. The molecule has 1 N–H and O–H groups in total. The van der Waals surface area contributed by atoms with E-state index >= 15 is 0 Å².